The molecule has 1 saturated carbocycles. The average Bonchev–Trinajstić information content (AvgIpc) is 2.40. The van der Waals surface area contributed by atoms with Crippen LogP contribution in [0.25, 0.3) is 0 Å². The maximum Gasteiger partial charge on any atom is 0.193 e. The third-order valence-corrected chi connectivity index (χ3v) is 6.42. The second kappa shape index (κ2) is 8.32. The van der Waals surface area contributed by atoms with E-state index in [4.69, 9.17) is 0 Å². The highest BCUT2D eigenvalue weighted by Gasteiger charge is 2.46. The fourth-order valence-corrected chi connectivity index (χ4v) is 3.96. The molecule has 0 aliphatic heterocycles. The summed E-state index contributed by atoms with van der Waals surface area (Å²) < 4.78 is 23.4. The van der Waals surface area contributed by atoms with Gasteiger partial charge in [0.05, 0.1) is 11.3 Å². The van der Waals surface area contributed by atoms with Crippen molar-refractivity contribution in [2.45, 2.75) is 30.6 Å². The topological polar surface area (TPSA) is 61.8 Å². The first-order chi connectivity index (χ1) is 10.3. The lowest BCUT2D eigenvalue weighted by Crippen LogP contribution is -2.54. The number of rotatable bonds is 5. The van der Waals surface area contributed by atoms with Crippen LogP contribution in [0.4, 0.5) is 0 Å². The van der Waals surface area contributed by atoms with Crippen molar-refractivity contribution in [3.8, 4) is 0 Å². The molecule has 1 aliphatic carbocycles. The first kappa shape index (κ1) is 20.2. The number of benzene rings is 1. The molecule has 0 spiro atoms. The van der Waals surface area contributed by atoms with E-state index in [1.807, 2.05) is 49.3 Å². The molecular weight excluding hydrogens is 425 g/mol. The van der Waals surface area contributed by atoms with Crippen LogP contribution >= 0.6 is 24.0 Å². The third kappa shape index (κ3) is 5.07. The van der Waals surface area contributed by atoms with Gasteiger partial charge in [-0.15, -0.1) is 24.0 Å². The normalized spacial score (nSPS) is 16.9. The summed E-state index contributed by atoms with van der Waals surface area (Å²) in [5.74, 6) is 0.721. The van der Waals surface area contributed by atoms with Crippen LogP contribution in [0.1, 0.15) is 24.8 Å². The lowest BCUT2D eigenvalue weighted by molar-refractivity contribution is 0.333. The van der Waals surface area contributed by atoms with Gasteiger partial charge >= 0.3 is 0 Å². The van der Waals surface area contributed by atoms with Gasteiger partial charge in [-0.05, 0) is 18.4 Å². The minimum absolute atomic E-state index is 0. The number of guanidine groups is 1. The Morgan fingerprint density at radius 1 is 1.26 bits per heavy atom. The van der Waals surface area contributed by atoms with Crippen molar-refractivity contribution in [3.05, 3.63) is 35.9 Å². The van der Waals surface area contributed by atoms with E-state index < -0.39 is 14.6 Å². The second-order valence-electron chi connectivity index (χ2n) is 6.18. The number of hydrogen-bond donors (Lipinski definition) is 1. The van der Waals surface area contributed by atoms with Gasteiger partial charge in [0.2, 0.25) is 0 Å². The molecule has 0 saturated heterocycles. The largest absolute Gasteiger partial charge is 0.355 e. The fourth-order valence-electron chi connectivity index (χ4n) is 2.59. The molecule has 2 rings (SSSR count). The maximum absolute atomic E-state index is 12.0. The van der Waals surface area contributed by atoms with Crippen molar-refractivity contribution in [2.75, 3.05) is 26.9 Å². The van der Waals surface area contributed by atoms with Gasteiger partial charge in [-0.2, -0.15) is 0 Å². The van der Waals surface area contributed by atoms with Crippen LogP contribution < -0.4 is 5.32 Å². The Morgan fingerprint density at radius 2 is 1.87 bits per heavy atom. The van der Waals surface area contributed by atoms with Gasteiger partial charge in [0.25, 0.3) is 0 Å². The van der Waals surface area contributed by atoms with Crippen LogP contribution in [0.2, 0.25) is 0 Å². The molecule has 0 unspecified atom stereocenters. The maximum atomic E-state index is 12.0. The molecule has 0 heterocycles. The summed E-state index contributed by atoms with van der Waals surface area (Å²) in [6, 6.07) is 10.0. The molecule has 0 amide bonds. The molecule has 1 aromatic rings. The summed E-state index contributed by atoms with van der Waals surface area (Å²) >= 11 is 0. The van der Waals surface area contributed by atoms with Crippen molar-refractivity contribution in [1.82, 2.24) is 10.2 Å². The number of halogens is 1. The summed E-state index contributed by atoms with van der Waals surface area (Å²) in [6.07, 6.45) is 3.79. The summed E-state index contributed by atoms with van der Waals surface area (Å²) in [5.41, 5.74) is 1.13. The van der Waals surface area contributed by atoms with Gasteiger partial charge in [-0.3, -0.25) is 0 Å². The predicted octanol–water partition coefficient (Wildman–Crippen LogP) is 2.28. The second-order valence-corrected chi connectivity index (χ2v) is 8.59. The SMILES string of the molecule is CN(C)C(=NCc1ccccc1)NCC1(S(C)(=O)=O)CCC1.I. The van der Waals surface area contributed by atoms with Crippen LogP contribution in [0.3, 0.4) is 0 Å². The Bertz CT molecular complexity index is 626. The molecule has 7 heteroatoms. The van der Waals surface area contributed by atoms with Crippen molar-refractivity contribution >= 4 is 39.8 Å². The van der Waals surface area contributed by atoms with Crippen molar-refractivity contribution < 1.29 is 8.42 Å². The number of nitrogens with zero attached hydrogens (tertiary/aromatic N) is 2. The third-order valence-electron chi connectivity index (χ3n) is 4.30. The molecule has 1 aromatic carbocycles. The molecular formula is C16H26IN3O2S. The number of sulfone groups is 1. The van der Waals surface area contributed by atoms with E-state index in [0.717, 1.165) is 30.8 Å². The zero-order chi connectivity index (χ0) is 16.2. The van der Waals surface area contributed by atoms with E-state index in [0.29, 0.717) is 13.1 Å². The van der Waals surface area contributed by atoms with Crippen molar-refractivity contribution in [3.63, 3.8) is 0 Å². The molecule has 0 atom stereocenters. The minimum Gasteiger partial charge on any atom is -0.355 e. The monoisotopic (exact) mass is 451 g/mol. The average molecular weight is 451 g/mol. The zero-order valence-electron chi connectivity index (χ0n) is 13.9. The van der Waals surface area contributed by atoms with Gasteiger partial charge in [0.15, 0.2) is 15.8 Å². The lowest BCUT2D eigenvalue weighted by atomic mass is 9.84. The van der Waals surface area contributed by atoms with Gasteiger partial charge in [-0.25, -0.2) is 13.4 Å². The Labute approximate surface area is 156 Å². The first-order valence-corrected chi connectivity index (χ1v) is 9.42. The van der Waals surface area contributed by atoms with Gasteiger partial charge in [0.1, 0.15) is 0 Å². The van der Waals surface area contributed by atoms with E-state index in [1.54, 1.807) is 0 Å². The van der Waals surface area contributed by atoms with Crippen LogP contribution in [-0.2, 0) is 16.4 Å². The summed E-state index contributed by atoms with van der Waals surface area (Å²) in [4.78, 5) is 6.46. The molecule has 130 valence electrons. The van der Waals surface area contributed by atoms with E-state index in [2.05, 4.69) is 10.3 Å². The summed E-state index contributed by atoms with van der Waals surface area (Å²) in [7, 11) is 0.763. The number of nitrogens with one attached hydrogen (secondary N) is 1. The number of aliphatic imine (C=N–C) groups is 1. The van der Waals surface area contributed by atoms with Crippen LogP contribution in [0.15, 0.2) is 35.3 Å². The van der Waals surface area contributed by atoms with E-state index in [1.165, 1.54) is 6.26 Å². The molecule has 5 nitrogen and oxygen atoms in total. The van der Waals surface area contributed by atoms with Crippen LogP contribution in [0, 0.1) is 0 Å². The van der Waals surface area contributed by atoms with E-state index >= 15 is 0 Å². The van der Waals surface area contributed by atoms with Crippen molar-refractivity contribution in [2.24, 2.45) is 4.99 Å². The highest BCUT2D eigenvalue weighted by Crippen LogP contribution is 2.38. The molecule has 1 aliphatic rings. The van der Waals surface area contributed by atoms with E-state index in [9.17, 15) is 8.42 Å². The zero-order valence-corrected chi connectivity index (χ0v) is 17.1. The van der Waals surface area contributed by atoms with Crippen LogP contribution in [0.5, 0.6) is 0 Å². The molecule has 0 bridgehead atoms. The van der Waals surface area contributed by atoms with Crippen molar-refractivity contribution in [1.29, 1.82) is 0 Å². The quantitative estimate of drug-likeness (QED) is 0.424. The van der Waals surface area contributed by atoms with Gasteiger partial charge in [-0.1, -0.05) is 36.8 Å². The minimum atomic E-state index is -3.05. The summed E-state index contributed by atoms with van der Waals surface area (Å²) in [5, 5.41) is 3.24. The summed E-state index contributed by atoms with van der Waals surface area (Å²) in [6.45, 7) is 1.00. The first-order valence-electron chi connectivity index (χ1n) is 7.53. The standard InChI is InChI=1S/C16H25N3O2S.HI/c1-19(2)15(17-12-14-8-5-4-6-9-14)18-13-16(10-7-11-16)22(3,20)21;/h4-6,8-9H,7,10-13H2,1-3H3,(H,17,18);1H. The molecule has 23 heavy (non-hydrogen) atoms. The smallest absolute Gasteiger partial charge is 0.193 e. The number of hydrogen-bond acceptors (Lipinski definition) is 3. The Kier molecular flexibility index (Phi) is 7.31. The fraction of sp³-hybridized carbons (Fsp3) is 0.562. The molecule has 1 fully saturated rings. The molecule has 0 aromatic heterocycles. The van der Waals surface area contributed by atoms with Gasteiger partial charge < -0.3 is 10.2 Å². The lowest BCUT2D eigenvalue weighted by Gasteiger charge is -2.40. The Morgan fingerprint density at radius 3 is 2.30 bits per heavy atom. The highest BCUT2D eigenvalue weighted by molar-refractivity contribution is 14.0. The van der Waals surface area contributed by atoms with E-state index in [-0.39, 0.29) is 24.0 Å². The molecule has 0 radical (unpaired) electrons. The van der Waals surface area contributed by atoms with Crippen LogP contribution in [-0.4, -0.2) is 50.9 Å². The Balaban J connectivity index is 0.00000264. The predicted molar refractivity (Wildman–Crippen MR) is 106 cm³/mol. The Hall–Kier alpha value is -0.830. The van der Waals surface area contributed by atoms with Gasteiger partial charge in [0, 0.05) is 26.9 Å². The molecule has 1 N–H and O–H groups in total. The highest BCUT2D eigenvalue weighted by atomic mass is 127.